The second-order valence-corrected chi connectivity index (χ2v) is 17.9. The molecule has 5 N–H and O–H groups in total. The van der Waals surface area contributed by atoms with Crippen LogP contribution in [0.15, 0.2) is 48.8 Å². The second kappa shape index (κ2) is 16.2. The Bertz CT molecular complexity index is 2420. The third-order valence-corrected chi connectivity index (χ3v) is 13.9. The number of nitrogen functional groups attached to an aromatic ring is 1. The molecule has 60 heavy (non-hydrogen) atoms. The fraction of sp³-hybridized carbons (Fsp3) is 0.455. The van der Waals surface area contributed by atoms with Crippen LogP contribution in [0.5, 0.6) is 11.5 Å². The fourth-order valence-electron chi connectivity index (χ4n) is 9.00. The van der Waals surface area contributed by atoms with Gasteiger partial charge >= 0.3 is 0 Å². The molecule has 0 spiro atoms. The molecule has 3 fully saturated rings. The Morgan fingerprint density at radius 1 is 0.900 bits per heavy atom. The van der Waals surface area contributed by atoms with E-state index < -0.39 is 5.60 Å². The average molecular weight is 834 g/mol. The molecule has 314 valence electrons. The summed E-state index contributed by atoms with van der Waals surface area (Å²) < 4.78 is 6.53. The van der Waals surface area contributed by atoms with Crippen LogP contribution in [0.4, 0.5) is 11.8 Å². The number of phenolic OH excluding ortho intramolecular Hbond substituents is 2. The topological polar surface area (TPSA) is 195 Å². The van der Waals surface area contributed by atoms with Crippen molar-refractivity contribution in [1.82, 2.24) is 34.6 Å². The number of aromatic hydroxyl groups is 2. The van der Waals surface area contributed by atoms with Gasteiger partial charge < -0.3 is 40.5 Å². The monoisotopic (exact) mass is 833 g/mol. The number of morpholine rings is 1. The van der Waals surface area contributed by atoms with E-state index in [4.69, 9.17) is 20.4 Å². The lowest BCUT2D eigenvalue weighted by molar-refractivity contribution is -0.141. The Balaban J connectivity index is 0.802. The van der Waals surface area contributed by atoms with Gasteiger partial charge in [0.1, 0.15) is 17.1 Å². The molecule has 0 bridgehead atoms. The molecule has 0 radical (unpaired) electrons. The maximum atomic E-state index is 13.8. The molecule has 2 aromatic carbocycles. The lowest BCUT2D eigenvalue weighted by Crippen LogP contribution is -2.48. The molecule has 4 aliphatic heterocycles. The van der Waals surface area contributed by atoms with Crippen LogP contribution >= 0.6 is 11.3 Å². The van der Waals surface area contributed by atoms with E-state index in [1.807, 2.05) is 24.8 Å². The second-order valence-electron chi connectivity index (χ2n) is 16.9. The molecular formula is C44H51N9O6S. The lowest BCUT2D eigenvalue weighted by Gasteiger charge is -2.40. The summed E-state index contributed by atoms with van der Waals surface area (Å²) >= 11 is 1.52. The minimum Gasteiger partial charge on any atom is -0.508 e. The van der Waals surface area contributed by atoms with Crippen molar-refractivity contribution in [2.75, 3.05) is 63.1 Å². The summed E-state index contributed by atoms with van der Waals surface area (Å²) in [5.41, 5.74) is 10.2. The zero-order chi connectivity index (χ0) is 41.7. The van der Waals surface area contributed by atoms with Gasteiger partial charge in [-0.15, -0.1) is 11.3 Å². The molecular weight excluding hydrogens is 783 g/mol. The molecule has 4 aliphatic rings. The van der Waals surface area contributed by atoms with Crippen LogP contribution in [-0.4, -0.2) is 114 Å². The van der Waals surface area contributed by atoms with Crippen molar-refractivity contribution >= 4 is 45.1 Å². The number of nitrogens with two attached hydrogens (primary N) is 1. The van der Waals surface area contributed by atoms with Gasteiger partial charge in [0, 0.05) is 75.1 Å². The van der Waals surface area contributed by atoms with E-state index in [1.54, 1.807) is 23.4 Å². The Labute approximate surface area is 352 Å². The van der Waals surface area contributed by atoms with E-state index in [-0.39, 0.29) is 46.7 Å². The molecule has 0 atom stereocenters. The number of carbonyl (C=O) groups is 2. The molecule has 0 unspecified atom stereocenters. The quantitative estimate of drug-likeness (QED) is 0.164. The summed E-state index contributed by atoms with van der Waals surface area (Å²) in [5.74, 6) is 1.12. The van der Waals surface area contributed by atoms with Gasteiger partial charge in [-0.05, 0) is 79.1 Å². The minimum absolute atomic E-state index is 0.00445. The zero-order valence-corrected chi connectivity index (χ0v) is 34.8. The number of rotatable bonds is 8. The van der Waals surface area contributed by atoms with Crippen molar-refractivity contribution in [1.29, 1.82) is 0 Å². The van der Waals surface area contributed by atoms with Gasteiger partial charge in [-0.2, -0.15) is 0 Å². The molecule has 15 nitrogen and oxygen atoms in total. The van der Waals surface area contributed by atoms with Crippen molar-refractivity contribution < 1.29 is 29.6 Å². The zero-order valence-electron chi connectivity index (χ0n) is 34.0. The van der Waals surface area contributed by atoms with Crippen molar-refractivity contribution in [2.45, 2.75) is 70.7 Å². The van der Waals surface area contributed by atoms with E-state index >= 15 is 0 Å². The predicted octanol–water partition coefficient (Wildman–Crippen LogP) is 4.98. The van der Waals surface area contributed by atoms with E-state index in [1.165, 1.54) is 17.4 Å². The molecule has 0 aliphatic carbocycles. The Morgan fingerprint density at radius 2 is 1.62 bits per heavy atom. The van der Waals surface area contributed by atoms with Crippen LogP contribution in [0.1, 0.15) is 82.9 Å². The summed E-state index contributed by atoms with van der Waals surface area (Å²) in [6.45, 7) is 10.8. The lowest BCUT2D eigenvalue weighted by atomic mass is 9.88. The summed E-state index contributed by atoms with van der Waals surface area (Å²) in [4.78, 5) is 54.5. The largest absolute Gasteiger partial charge is 0.508 e. The van der Waals surface area contributed by atoms with Gasteiger partial charge in [0.2, 0.25) is 11.9 Å². The van der Waals surface area contributed by atoms with Gasteiger partial charge in [0.05, 0.1) is 34.6 Å². The number of aliphatic hydroxyl groups is 1. The van der Waals surface area contributed by atoms with Crippen LogP contribution in [-0.2, 0) is 34.8 Å². The number of phenols is 2. The molecule has 7 heterocycles. The molecule has 3 saturated heterocycles. The average Bonchev–Trinajstić information content (AvgIpc) is 3.89. The summed E-state index contributed by atoms with van der Waals surface area (Å²) in [7, 11) is 0. The number of hydrogen-bond acceptors (Lipinski definition) is 14. The number of nitrogens with zero attached hydrogens (tertiary/aromatic N) is 8. The standard InChI is InChI=1S/C44H51N9O6S/c1-26(2)32-18-33(36(55)20-35(32)54)42(57)53-24-29-4-3-27(17-30(29)25-53)23-50-9-5-28(6-10-50)41(56)52-11-7-44(58,8-12-52)37-19-34-38(60-37)40(51-13-15-59-16-14-51)49-39(48-34)31-21-46-43(45)47-22-31/h3-4,17-22,26,28,54-55,58H,5-16,23-25H2,1-2H3,(H2,45,46,47). The smallest absolute Gasteiger partial charge is 0.258 e. The highest BCUT2D eigenvalue weighted by molar-refractivity contribution is 7.19. The number of fused-ring (bicyclic) bond motifs is 2. The number of benzene rings is 2. The molecule has 2 amide bonds. The van der Waals surface area contributed by atoms with Gasteiger partial charge in [0.15, 0.2) is 11.6 Å². The number of thiophene rings is 1. The van der Waals surface area contributed by atoms with Gasteiger partial charge in [-0.1, -0.05) is 32.0 Å². The molecule has 9 rings (SSSR count). The first-order valence-corrected chi connectivity index (χ1v) is 21.7. The van der Waals surface area contributed by atoms with Crippen molar-refractivity contribution in [2.24, 2.45) is 5.92 Å². The maximum absolute atomic E-state index is 13.8. The maximum Gasteiger partial charge on any atom is 0.258 e. The van der Waals surface area contributed by atoms with Crippen LogP contribution in [0.2, 0.25) is 0 Å². The first-order valence-electron chi connectivity index (χ1n) is 20.8. The summed E-state index contributed by atoms with van der Waals surface area (Å²) in [6, 6.07) is 11.2. The Hall–Kier alpha value is -5.42. The summed E-state index contributed by atoms with van der Waals surface area (Å²) in [5, 5.41) is 32.8. The first-order chi connectivity index (χ1) is 28.9. The number of hydrogen-bond donors (Lipinski definition) is 4. The van der Waals surface area contributed by atoms with Gasteiger partial charge in [0.25, 0.3) is 5.91 Å². The van der Waals surface area contributed by atoms with Gasteiger partial charge in [-0.25, -0.2) is 19.9 Å². The molecule has 0 saturated carbocycles. The van der Waals surface area contributed by atoms with E-state index in [2.05, 4.69) is 38.0 Å². The number of amides is 2. The number of ether oxygens (including phenoxy) is 1. The SMILES string of the molecule is CC(C)c1cc(C(=O)N2Cc3ccc(CN4CCC(C(=O)N5CCC(O)(c6cc7nc(-c8cnc(N)nc8)nc(N8CCOCC8)c7s6)CC5)CC4)cc3C2)c(O)cc1O. The third kappa shape index (κ3) is 7.84. The normalized spacial score (nSPS) is 18.7. The molecule has 3 aromatic heterocycles. The minimum atomic E-state index is -1.08. The van der Waals surface area contributed by atoms with Crippen LogP contribution in [0.3, 0.4) is 0 Å². The van der Waals surface area contributed by atoms with E-state index in [0.29, 0.717) is 82.3 Å². The highest BCUT2D eigenvalue weighted by Crippen LogP contribution is 2.43. The number of anilines is 2. The highest BCUT2D eigenvalue weighted by Gasteiger charge is 2.39. The number of likely N-dealkylation sites (tertiary alicyclic amines) is 2. The molecule has 5 aromatic rings. The third-order valence-electron chi connectivity index (χ3n) is 12.6. The summed E-state index contributed by atoms with van der Waals surface area (Å²) in [6.07, 6.45) is 5.69. The van der Waals surface area contributed by atoms with Crippen LogP contribution in [0, 0.1) is 5.92 Å². The fourth-order valence-corrected chi connectivity index (χ4v) is 10.3. The van der Waals surface area contributed by atoms with E-state index in [9.17, 15) is 24.9 Å². The number of carbonyl (C=O) groups excluding carboxylic acids is 2. The number of piperidine rings is 2. The predicted molar refractivity (Wildman–Crippen MR) is 227 cm³/mol. The number of aromatic nitrogens is 4. The molecule has 16 heteroatoms. The van der Waals surface area contributed by atoms with Crippen molar-refractivity contribution in [3.05, 3.63) is 81.5 Å². The van der Waals surface area contributed by atoms with Gasteiger partial charge in [-0.3, -0.25) is 14.5 Å². The Morgan fingerprint density at radius 3 is 2.33 bits per heavy atom. The van der Waals surface area contributed by atoms with E-state index in [0.717, 1.165) is 70.1 Å². The van der Waals surface area contributed by atoms with Crippen molar-refractivity contribution in [3.63, 3.8) is 0 Å². The Kier molecular flexibility index (Phi) is 10.8. The highest BCUT2D eigenvalue weighted by atomic mass is 32.1. The van der Waals surface area contributed by atoms with Crippen LogP contribution in [0.25, 0.3) is 21.6 Å². The van der Waals surface area contributed by atoms with Crippen LogP contribution < -0.4 is 10.6 Å². The van der Waals surface area contributed by atoms with Crippen molar-refractivity contribution in [3.8, 4) is 22.9 Å². The first kappa shape index (κ1) is 40.0.